The Morgan fingerprint density at radius 1 is 1.48 bits per heavy atom. The van der Waals surface area contributed by atoms with Crippen LogP contribution in [0.2, 0.25) is 0 Å². The third-order valence-electron chi connectivity index (χ3n) is 4.41. The summed E-state index contributed by atoms with van der Waals surface area (Å²) in [6.07, 6.45) is 5.46. The Balaban J connectivity index is 1.77. The summed E-state index contributed by atoms with van der Waals surface area (Å²) in [5.41, 5.74) is 1.20. The van der Waals surface area contributed by atoms with Crippen molar-refractivity contribution in [3.63, 3.8) is 0 Å². The number of hydrogen-bond donors (Lipinski definition) is 0. The van der Waals surface area contributed by atoms with Gasteiger partial charge in [0.2, 0.25) is 5.89 Å². The summed E-state index contributed by atoms with van der Waals surface area (Å²) in [6.45, 7) is 4.50. The topological polar surface area (TPSA) is 73.8 Å². The lowest BCUT2D eigenvalue weighted by Crippen LogP contribution is -2.22. The van der Waals surface area contributed by atoms with E-state index in [1.807, 2.05) is 6.92 Å². The molecule has 3 aromatic heterocycles. The molecule has 0 amide bonds. The predicted molar refractivity (Wildman–Crippen MR) is 87.8 cm³/mol. The van der Waals surface area contributed by atoms with Crippen LogP contribution in [0.25, 0.3) is 10.2 Å². The van der Waals surface area contributed by atoms with Crippen LogP contribution in [0.15, 0.2) is 15.6 Å². The molecular formula is C16H18N4O2S. The molecule has 4 rings (SSSR count). The van der Waals surface area contributed by atoms with Crippen LogP contribution in [0.3, 0.4) is 0 Å². The molecule has 7 heteroatoms. The highest BCUT2D eigenvalue weighted by Crippen LogP contribution is 2.35. The van der Waals surface area contributed by atoms with Crippen LogP contribution in [-0.4, -0.2) is 19.7 Å². The van der Waals surface area contributed by atoms with Crippen molar-refractivity contribution in [3.8, 4) is 0 Å². The number of nitrogens with zero attached hydrogens (tertiary/aromatic N) is 4. The summed E-state index contributed by atoms with van der Waals surface area (Å²) < 4.78 is 6.76. The average molecular weight is 330 g/mol. The van der Waals surface area contributed by atoms with E-state index in [9.17, 15) is 4.79 Å². The molecule has 1 aliphatic rings. The highest BCUT2D eigenvalue weighted by atomic mass is 32.1. The van der Waals surface area contributed by atoms with Crippen molar-refractivity contribution in [2.75, 3.05) is 0 Å². The molecule has 23 heavy (non-hydrogen) atoms. The van der Waals surface area contributed by atoms with Gasteiger partial charge < -0.3 is 4.52 Å². The Morgan fingerprint density at radius 2 is 2.35 bits per heavy atom. The Kier molecular flexibility index (Phi) is 3.52. The van der Waals surface area contributed by atoms with Crippen LogP contribution in [0.5, 0.6) is 0 Å². The predicted octanol–water partition coefficient (Wildman–Crippen LogP) is 2.58. The zero-order valence-electron chi connectivity index (χ0n) is 13.2. The third kappa shape index (κ3) is 2.49. The lowest BCUT2D eigenvalue weighted by atomic mass is 9.89. The van der Waals surface area contributed by atoms with Crippen LogP contribution >= 0.6 is 11.3 Å². The molecule has 0 fully saturated rings. The monoisotopic (exact) mass is 330 g/mol. The summed E-state index contributed by atoms with van der Waals surface area (Å²) in [5, 5.41) is 4.66. The molecule has 0 saturated heterocycles. The summed E-state index contributed by atoms with van der Waals surface area (Å²) in [4.78, 5) is 23.8. The molecule has 0 N–H and O–H groups in total. The van der Waals surface area contributed by atoms with Crippen LogP contribution in [0.1, 0.15) is 42.4 Å². The van der Waals surface area contributed by atoms with E-state index in [-0.39, 0.29) is 12.1 Å². The summed E-state index contributed by atoms with van der Waals surface area (Å²) in [7, 11) is 0. The van der Waals surface area contributed by atoms with E-state index >= 15 is 0 Å². The molecule has 0 radical (unpaired) electrons. The highest BCUT2D eigenvalue weighted by Gasteiger charge is 2.23. The molecule has 0 saturated carbocycles. The maximum Gasteiger partial charge on any atom is 0.262 e. The standard InChI is InChI=1S/C16H18N4O2S/c1-3-12-18-13(22-19-12)7-20-8-17-15-14(16(20)21)10-5-4-9(2)6-11(10)23-15/h8-9H,3-7H2,1-2H3/t9-/m1/s1. The molecule has 120 valence electrons. The Hall–Kier alpha value is -2.02. The lowest BCUT2D eigenvalue weighted by molar-refractivity contribution is 0.365. The SMILES string of the molecule is CCc1noc(Cn2cnc3sc4c(c3c2=O)CC[C@@H](C)C4)n1. The maximum absolute atomic E-state index is 12.9. The molecule has 0 bridgehead atoms. The molecule has 1 atom stereocenters. The van der Waals surface area contributed by atoms with E-state index in [0.717, 1.165) is 29.5 Å². The van der Waals surface area contributed by atoms with Crippen molar-refractivity contribution < 1.29 is 4.52 Å². The molecule has 0 unspecified atom stereocenters. The lowest BCUT2D eigenvalue weighted by Gasteiger charge is -2.17. The van der Waals surface area contributed by atoms with Gasteiger partial charge in [-0.2, -0.15) is 4.98 Å². The second-order valence-electron chi connectivity index (χ2n) is 6.17. The van der Waals surface area contributed by atoms with Gasteiger partial charge in [0, 0.05) is 11.3 Å². The zero-order valence-corrected chi connectivity index (χ0v) is 14.0. The molecule has 0 spiro atoms. The van der Waals surface area contributed by atoms with Gasteiger partial charge in [-0.25, -0.2) is 4.98 Å². The van der Waals surface area contributed by atoms with Gasteiger partial charge in [0.05, 0.1) is 11.7 Å². The van der Waals surface area contributed by atoms with Crippen molar-refractivity contribution in [2.45, 2.75) is 46.1 Å². The van der Waals surface area contributed by atoms with Gasteiger partial charge in [0.15, 0.2) is 5.82 Å². The van der Waals surface area contributed by atoms with E-state index in [1.54, 1.807) is 22.2 Å². The van der Waals surface area contributed by atoms with Crippen LogP contribution in [0, 0.1) is 5.92 Å². The van der Waals surface area contributed by atoms with Crippen molar-refractivity contribution >= 4 is 21.6 Å². The minimum absolute atomic E-state index is 0.00157. The number of aromatic nitrogens is 4. The smallest absolute Gasteiger partial charge is 0.262 e. The first-order valence-electron chi connectivity index (χ1n) is 7.96. The Morgan fingerprint density at radius 3 is 3.13 bits per heavy atom. The van der Waals surface area contributed by atoms with E-state index in [4.69, 9.17) is 4.52 Å². The van der Waals surface area contributed by atoms with Gasteiger partial charge in [-0.3, -0.25) is 9.36 Å². The number of rotatable bonds is 3. The van der Waals surface area contributed by atoms with Gasteiger partial charge in [-0.1, -0.05) is 19.0 Å². The quantitative estimate of drug-likeness (QED) is 0.738. The second kappa shape index (κ2) is 5.56. The summed E-state index contributed by atoms with van der Waals surface area (Å²) in [5.74, 6) is 1.79. The molecule has 6 nitrogen and oxygen atoms in total. The number of hydrogen-bond acceptors (Lipinski definition) is 6. The molecule has 0 aromatic carbocycles. The van der Waals surface area contributed by atoms with Gasteiger partial charge >= 0.3 is 0 Å². The Labute approximate surface area is 137 Å². The fourth-order valence-corrected chi connectivity index (χ4v) is 4.46. The van der Waals surface area contributed by atoms with Crippen molar-refractivity contribution in [2.24, 2.45) is 5.92 Å². The Bertz CT molecular complexity index is 924. The largest absolute Gasteiger partial charge is 0.337 e. The second-order valence-corrected chi connectivity index (χ2v) is 7.25. The first-order chi connectivity index (χ1) is 11.2. The van der Waals surface area contributed by atoms with Crippen molar-refractivity contribution in [3.05, 3.63) is 38.8 Å². The minimum Gasteiger partial charge on any atom is -0.337 e. The zero-order chi connectivity index (χ0) is 16.0. The van der Waals surface area contributed by atoms with E-state index < -0.39 is 0 Å². The first kappa shape index (κ1) is 14.6. The first-order valence-corrected chi connectivity index (χ1v) is 8.78. The highest BCUT2D eigenvalue weighted by molar-refractivity contribution is 7.18. The van der Waals surface area contributed by atoms with E-state index in [0.29, 0.717) is 24.1 Å². The van der Waals surface area contributed by atoms with E-state index in [1.165, 1.54) is 10.4 Å². The molecule has 3 aromatic rings. The summed E-state index contributed by atoms with van der Waals surface area (Å²) >= 11 is 1.66. The number of fused-ring (bicyclic) bond motifs is 3. The van der Waals surface area contributed by atoms with Crippen LogP contribution in [-0.2, 0) is 25.8 Å². The van der Waals surface area contributed by atoms with Crippen LogP contribution in [0.4, 0.5) is 0 Å². The average Bonchev–Trinajstić information content (AvgIpc) is 3.13. The fourth-order valence-electron chi connectivity index (χ4n) is 3.12. The van der Waals surface area contributed by atoms with Gasteiger partial charge in [0.1, 0.15) is 11.4 Å². The van der Waals surface area contributed by atoms with Crippen molar-refractivity contribution in [1.82, 2.24) is 19.7 Å². The number of aryl methyl sites for hydroxylation is 2. The van der Waals surface area contributed by atoms with Gasteiger partial charge in [-0.15, -0.1) is 11.3 Å². The molecule has 0 aliphatic heterocycles. The molecule has 3 heterocycles. The van der Waals surface area contributed by atoms with Crippen molar-refractivity contribution in [1.29, 1.82) is 0 Å². The molecule has 1 aliphatic carbocycles. The third-order valence-corrected chi connectivity index (χ3v) is 5.58. The van der Waals surface area contributed by atoms with Crippen LogP contribution < -0.4 is 5.56 Å². The normalized spacial score (nSPS) is 17.6. The van der Waals surface area contributed by atoms with Gasteiger partial charge in [0.25, 0.3) is 5.56 Å². The summed E-state index contributed by atoms with van der Waals surface area (Å²) in [6, 6.07) is 0. The van der Waals surface area contributed by atoms with E-state index in [2.05, 4.69) is 22.0 Å². The van der Waals surface area contributed by atoms with Gasteiger partial charge in [-0.05, 0) is 30.7 Å². The fraction of sp³-hybridized carbons (Fsp3) is 0.500. The molecular weight excluding hydrogens is 312 g/mol. The number of thiophene rings is 1. The minimum atomic E-state index is -0.00157. The maximum atomic E-state index is 12.9.